The van der Waals surface area contributed by atoms with Crippen molar-refractivity contribution in [3.63, 3.8) is 0 Å². The number of unbranched alkanes of at least 4 members (excludes halogenated alkanes) is 10. The topological polar surface area (TPSA) is 37.3 Å². The number of phenolic OH excluding ortho intramolecular Hbond substituents is 1. The van der Waals surface area contributed by atoms with Crippen molar-refractivity contribution in [1.29, 1.82) is 0 Å². The summed E-state index contributed by atoms with van der Waals surface area (Å²) in [6.45, 7) is 4.39. The van der Waals surface area contributed by atoms with Crippen molar-refractivity contribution in [2.24, 2.45) is 0 Å². The van der Waals surface area contributed by atoms with Gasteiger partial charge < -0.3 is 5.11 Å². The Labute approximate surface area is 223 Å². The van der Waals surface area contributed by atoms with Gasteiger partial charge in [0.1, 0.15) is 5.75 Å². The summed E-state index contributed by atoms with van der Waals surface area (Å²) < 4.78 is 12.1. The second kappa shape index (κ2) is 16.3. The minimum atomic E-state index is -0.587. The lowest BCUT2D eigenvalue weighted by molar-refractivity contribution is 0.424. The van der Waals surface area contributed by atoms with E-state index in [1.165, 1.54) is 99.3 Å². The van der Waals surface area contributed by atoms with E-state index in [0.29, 0.717) is 17.6 Å². The summed E-state index contributed by atoms with van der Waals surface area (Å²) in [7, 11) is -0.587. The number of fused-ring (bicyclic) bond motifs is 1. The van der Waals surface area contributed by atoms with Gasteiger partial charge in [0.15, 0.2) is 0 Å². The maximum atomic E-state index is 12.1. The van der Waals surface area contributed by atoms with Gasteiger partial charge >= 0.3 is 0 Å². The third-order valence-electron chi connectivity index (χ3n) is 8.10. The predicted molar refractivity (Wildman–Crippen MR) is 157 cm³/mol. The van der Waals surface area contributed by atoms with Gasteiger partial charge in [-0.2, -0.15) is 0 Å². The van der Waals surface area contributed by atoms with E-state index in [0.717, 1.165) is 30.8 Å². The first-order valence-corrected chi connectivity index (χ1v) is 16.3. The van der Waals surface area contributed by atoms with Gasteiger partial charge in [-0.1, -0.05) is 107 Å². The first-order chi connectivity index (χ1) is 17.6. The number of aryl methyl sites for hydroxylation is 2. The molecule has 0 bridgehead atoms. The molecule has 0 aromatic heterocycles. The van der Waals surface area contributed by atoms with E-state index in [1.54, 1.807) is 0 Å². The van der Waals surface area contributed by atoms with E-state index < -0.39 is 10.8 Å². The van der Waals surface area contributed by atoms with Gasteiger partial charge in [-0.05, 0) is 79.7 Å². The van der Waals surface area contributed by atoms with Crippen LogP contribution in [0.5, 0.6) is 5.75 Å². The number of hydrogen-bond acceptors (Lipinski definition) is 2. The highest BCUT2D eigenvalue weighted by Gasteiger charge is 2.30. The van der Waals surface area contributed by atoms with Crippen molar-refractivity contribution in [3.8, 4) is 5.75 Å². The Morgan fingerprint density at radius 1 is 0.806 bits per heavy atom. The van der Waals surface area contributed by atoms with E-state index >= 15 is 0 Å². The van der Waals surface area contributed by atoms with E-state index in [2.05, 4.69) is 44.2 Å². The van der Waals surface area contributed by atoms with Crippen LogP contribution in [-0.2, 0) is 17.2 Å². The van der Waals surface area contributed by atoms with Crippen LogP contribution in [0.25, 0.3) is 0 Å². The minimum absolute atomic E-state index is 0.402. The molecular formula is C33H50O2S. The summed E-state index contributed by atoms with van der Waals surface area (Å²) in [6.07, 6.45) is 18.6. The Morgan fingerprint density at radius 3 is 2.08 bits per heavy atom. The van der Waals surface area contributed by atoms with Gasteiger partial charge in [0.05, 0.1) is 0 Å². The molecule has 2 aromatic rings. The quantitative estimate of drug-likeness (QED) is 0.215. The number of rotatable bonds is 17. The Hall–Kier alpha value is -1.61. The van der Waals surface area contributed by atoms with E-state index in [9.17, 15) is 9.32 Å². The normalized spacial score (nSPS) is 18.2. The van der Waals surface area contributed by atoms with Crippen molar-refractivity contribution < 1.29 is 9.32 Å². The largest absolute Gasteiger partial charge is 0.508 e. The number of phenols is 1. The zero-order valence-electron chi connectivity index (χ0n) is 23.0. The molecule has 1 aliphatic rings. The second-order valence-corrected chi connectivity index (χ2v) is 12.8. The summed E-state index contributed by atoms with van der Waals surface area (Å²) in [6, 6.07) is 15.2. The monoisotopic (exact) mass is 510 g/mol. The molecule has 1 unspecified atom stereocenters. The Balaban J connectivity index is 1.34. The zero-order valence-corrected chi connectivity index (χ0v) is 23.8. The molecule has 0 aliphatic heterocycles. The smallest absolute Gasteiger partial charge is 0.115 e. The van der Waals surface area contributed by atoms with Crippen molar-refractivity contribution in [2.75, 3.05) is 11.5 Å². The number of hydrogen-bond donors (Lipinski definition) is 1. The van der Waals surface area contributed by atoms with E-state index in [4.69, 9.17) is 0 Å². The number of aromatic hydroxyl groups is 1. The molecule has 3 heteroatoms. The molecule has 0 saturated carbocycles. The van der Waals surface area contributed by atoms with Crippen molar-refractivity contribution in [3.05, 3.63) is 64.7 Å². The van der Waals surface area contributed by atoms with Crippen LogP contribution >= 0.6 is 0 Å². The van der Waals surface area contributed by atoms with E-state index in [-0.39, 0.29) is 0 Å². The second-order valence-electron chi connectivity index (χ2n) is 11.1. The lowest BCUT2D eigenvalue weighted by Gasteiger charge is -2.34. The van der Waals surface area contributed by atoms with Crippen molar-refractivity contribution >= 4 is 10.8 Å². The fraction of sp³-hybridized carbons (Fsp3) is 0.636. The first-order valence-electron chi connectivity index (χ1n) is 14.8. The molecule has 2 aromatic carbocycles. The zero-order chi connectivity index (χ0) is 25.6. The third kappa shape index (κ3) is 9.69. The molecule has 36 heavy (non-hydrogen) atoms. The minimum Gasteiger partial charge on any atom is -0.508 e. The van der Waals surface area contributed by atoms with Crippen LogP contribution in [-0.4, -0.2) is 20.8 Å². The van der Waals surface area contributed by atoms with Gasteiger partial charge in [0, 0.05) is 22.3 Å². The van der Waals surface area contributed by atoms with Crippen LogP contribution in [0.4, 0.5) is 0 Å². The molecular weight excluding hydrogens is 460 g/mol. The molecule has 0 heterocycles. The maximum Gasteiger partial charge on any atom is 0.115 e. The summed E-state index contributed by atoms with van der Waals surface area (Å²) in [4.78, 5) is 0. The van der Waals surface area contributed by atoms with Gasteiger partial charge in [0.2, 0.25) is 0 Å². The molecule has 1 aliphatic carbocycles. The summed E-state index contributed by atoms with van der Waals surface area (Å²) >= 11 is 0. The lowest BCUT2D eigenvalue weighted by Crippen LogP contribution is -2.19. The van der Waals surface area contributed by atoms with Crippen LogP contribution in [0.1, 0.15) is 131 Å². The molecule has 1 N–H and O–H groups in total. The summed E-state index contributed by atoms with van der Waals surface area (Å²) in [5, 5.41) is 10.0. The predicted octanol–water partition coefficient (Wildman–Crippen LogP) is 9.35. The molecule has 0 spiro atoms. The van der Waals surface area contributed by atoms with Crippen LogP contribution in [0.2, 0.25) is 0 Å². The average molecular weight is 511 g/mol. The highest BCUT2D eigenvalue weighted by atomic mass is 32.2. The standard InChI is InChI=1S/C33H50O2S/c1-3-4-5-13-24-36(35)25-14-11-9-7-6-8-10-12-15-33-31(28-18-16-27(2)17-19-28)22-20-29-26-30(34)21-23-32(29)33/h16-19,21,23,26,31,33-34H,3-15,20,22,24-25H2,1-2H3/t31-,33+,36?/m1/s1. The van der Waals surface area contributed by atoms with Crippen LogP contribution in [0, 0.1) is 6.92 Å². The highest BCUT2D eigenvalue weighted by molar-refractivity contribution is 7.84. The van der Waals surface area contributed by atoms with E-state index in [1.807, 2.05) is 12.1 Å². The van der Waals surface area contributed by atoms with Gasteiger partial charge in [-0.15, -0.1) is 0 Å². The van der Waals surface area contributed by atoms with Crippen LogP contribution in [0.15, 0.2) is 42.5 Å². The molecule has 3 atom stereocenters. The Kier molecular flexibility index (Phi) is 13.1. The van der Waals surface area contributed by atoms with Crippen molar-refractivity contribution in [2.45, 2.75) is 122 Å². The fourth-order valence-electron chi connectivity index (χ4n) is 5.95. The molecule has 3 rings (SSSR count). The molecule has 0 radical (unpaired) electrons. The third-order valence-corrected chi connectivity index (χ3v) is 9.59. The number of benzene rings is 2. The average Bonchev–Trinajstić information content (AvgIpc) is 2.88. The first kappa shape index (κ1) is 29.0. The van der Waals surface area contributed by atoms with Crippen LogP contribution in [0.3, 0.4) is 0 Å². The molecule has 0 saturated heterocycles. The fourth-order valence-corrected chi connectivity index (χ4v) is 7.20. The van der Waals surface area contributed by atoms with Gasteiger partial charge in [-0.3, -0.25) is 4.21 Å². The van der Waals surface area contributed by atoms with Gasteiger partial charge in [0.25, 0.3) is 0 Å². The molecule has 0 fully saturated rings. The summed E-state index contributed by atoms with van der Waals surface area (Å²) in [5.41, 5.74) is 5.62. The molecule has 200 valence electrons. The molecule has 0 amide bonds. The van der Waals surface area contributed by atoms with Crippen molar-refractivity contribution in [1.82, 2.24) is 0 Å². The summed E-state index contributed by atoms with van der Waals surface area (Å²) in [5.74, 6) is 3.37. The van der Waals surface area contributed by atoms with Crippen LogP contribution < -0.4 is 0 Å². The highest BCUT2D eigenvalue weighted by Crippen LogP contribution is 2.46. The maximum absolute atomic E-state index is 12.1. The SMILES string of the molecule is CCCCCCS(=O)CCCCCCCCCC[C@@H]1c2ccc(O)cc2CC[C@@H]1c1ccc(C)cc1. The lowest BCUT2D eigenvalue weighted by atomic mass is 9.70. The van der Waals surface area contributed by atoms with Gasteiger partial charge in [-0.25, -0.2) is 0 Å². The Morgan fingerprint density at radius 2 is 1.42 bits per heavy atom. The Bertz CT molecular complexity index is 904. The molecule has 2 nitrogen and oxygen atoms in total.